The van der Waals surface area contributed by atoms with Gasteiger partial charge >= 0.3 is 0 Å². The number of nitrogens with two attached hydrogens (primary N) is 1. The number of aromatic nitrogens is 1. The summed E-state index contributed by atoms with van der Waals surface area (Å²) in [6, 6.07) is 14.7. The number of para-hydroxylation sites is 1. The number of ether oxygens (including phenoxy) is 1. The van der Waals surface area contributed by atoms with E-state index in [0.29, 0.717) is 22.8 Å². The predicted molar refractivity (Wildman–Crippen MR) is 83.7 cm³/mol. The highest BCUT2D eigenvalue weighted by atomic mass is 16.5. The van der Waals surface area contributed by atoms with E-state index in [1.165, 1.54) is 0 Å². The first-order valence-corrected chi connectivity index (χ1v) is 6.50. The van der Waals surface area contributed by atoms with Crippen molar-refractivity contribution in [1.82, 2.24) is 4.98 Å². The number of anilines is 2. The summed E-state index contributed by atoms with van der Waals surface area (Å²) in [6.07, 6.45) is 0. The van der Waals surface area contributed by atoms with Crippen LogP contribution in [0.5, 0.6) is 5.75 Å². The van der Waals surface area contributed by atoms with Crippen molar-refractivity contribution in [1.29, 1.82) is 0 Å². The van der Waals surface area contributed by atoms with Crippen LogP contribution in [0.2, 0.25) is 0 Å². The molecule has 0 aliphatic carbocycles. The molecule has 3 aromatic rings. The van der Waals surface area contributed by atoms with Gasteiger partial charge in [-0.1, -0.05) is 18.2 Å². The Hall–Kier alpha value is -2.95. The molecule has 1 heterocycles. The molecule has 0 saturated carbocycles. The van der Waals surface area contributed by atoms with Gasteiger partial charge in [0, 0.05) is 17.0 Å². The van der Waals surface area contributed by atoms with E-state index in [-0.39, 0.29) is 5.91 Å². The van der Waals surface area contributed by atoms with Crippen molar-refractivity contribution in [2.24, 2.45) is 0 Å². The first-order chi connectivity index (χ1) is 10.2. The number of nitrogens with one attached hydrogen (secondary N) is 2. The van der Waals surface area contributed by atoms with E-state index in [0.717, 1.165) is 10.9 Å². The first-order valence-electron chi connectivity index (χ1n) is 6.50. The molecule has 1 aromatic heterocycles. The van der Waals surface area contributed by atoms with Crippen LogP contribution in [0.3, 0.4) is 0 Å². The summed E-state index contributed by atoms with van der Waals surface area (Å²) < 4.78 is 5.13. The van der Waals surface area contributed by atoms with Gasteiger partial charge in [-0.3, -0.25) is 4.79 Å². The Morgan fingerprint density at radius 3 is 2.76 bits per heavy atom. The number of H-pyrrole nitrogens is 1. The number of carbonyl (C=O) groups is 1. The van der Waals surface area contributed by atoms with Crippen LogP contribution in [-0.4, -0.2) is 18.0 Å². The first kappa shape index (κ1) is 13.1. The number of benzene rings is 2. The molecule has 0 bridgehead atoms. The van der Waals surface area contributed by atoms with Crippen LogP contribution in [0.4, 0.5) is 11.4 Å². The number of aromatic amines is 1. The van der Waals surface area contributed by atoms with Gasteiger partial charge in [0.25, 0.3) is 5.91 Å². The Morgan fingerprint density at radius 1 is 1.19 bits per heavy atom. The van der Waals surface area contributed by atoms with Crippen LogP contribution in [0.1, 0.15) is 10.5 Å². The Morgan fingerprint density at radius 2 is 2.00 bits per heavy atom. The summed E-state index contributed by atoms with van der Waals surface area (Å²) in [4.78, 5) is 15.4. The Labute approximate surface area is 121 Å². The van der Waals surface area contributed by atoms with Gasteiger partial charge in [0.1, 0.15) is 11.4 Å². The van der Waals surface area contributed by atoms with E-state index in [4.69, 9.17) is 10.5 Å². The maximum absolute atomic E-state index is 12.3. The molecule has 2 aromatic carbocycles. The van der Waals surface area contributed by atoms with Crippen molar-refractivity contribution in [3.63, 3.8) is 0 Å². The van der Waals surface area contributed by atoms with E-state index in [2.05, 4.69) is 10.3 Å². The highest BCUT2D eigenvalue weighted by molar-refractivity contribution is 6.07. The molecule has 5 nitrogen and oxygen atoms in total. The monoisotopic (exact) mass is 281 g/mol. The van der Waals surface area contributed by atoms with E-state index in [1.54, 1.807) is 31.4 Å². The third-order valence-electron chi connectivity index (χ3n) is 3.28. The molecule has 1 amide bonds. The van der Waals surface area contributed by atoms with Crippen LogP contribution in [0, 0.1) is 0 Å². The minimum Gasteiger partial charge on any atom is -0.497 e. The Kier molecular flexibility index (Phi) is 3.23. The lowest BCUT2D eigenvalue weighted by molar-refractivity contribution is 0.102. The van der Waals surface area contributed by atoms with E-state index in [9.17, 15) is 4.79 Å². The number of fused-ring (bicyclic) bond motifs is 1. The highest BCUT2D eigenvalue weighted by Crippen LogP contribution is 2.25. The summed E-state index contributed by atoms with van der Waals surface area (Å²) in [5.74, 6) is 0.391. The fourth-order valence-electron chi connectivity index (χ4n) is 2.16. The van der Waals surface area contributed by atoms with Crippen molar-refractivity contribution < 1.29 is 9.53 Å². The van der Waals surface area contributed by atoms with Crippen LogP contribution in [0.15, 0.2) is 48.5 Å². The molecule has 0 spiro atoms. The molecule has 0 fully saturated rings. The van der Waals surface area contributed by atoms with Crippen LogP contribution in [0.25, 0.3) is 10.9 Å². The molecular weight excluding hydrogens is 266 g/mol. The second-order valence-electron chi connectivity index (χ2n) is 4.68. The summed E-state index contributed by atoms with van der Waals surface area (Å²) in [6.45, 7) is 0. The largest absolute Gasteiger partial charge is 0.497 e. The predicted octanol–water partition coefficient (Wildman–Crippen LogP) is 3.01. The molecule has 0 aliphatic rings. The second-order valence-corrected chi connectivity index (χ2v) is 4.68. The van der Waals surface area contributed by atoms with Crippen molar-refractivity contribution in [3.8, 4) is 5.75 Å². The quantitative estimate of drug-likeness (QED) is 0.645. The van der Waals surface area contributed by atoms with Gasteiger partial charge < -0.3 is 20.8 Å². The van der Waals surface area contributed by atoms with Gasteiger partial charge in [0.2, 0.25) is 0 Å². The fourth-order valence-corrected chi connectivity index (χ4v) is 2.16. The summed E-state index contributed by atoms with van der Waals surface area (Å²) in [5, 5.41) is 3.77. The van der Waals surface area contributed by atoms with Crippen molar-refractivity contribution in [3.05, 3.63) is 54.2 Å². The number of amides is 1. The second kappa shape index (κ2) is 5.20. The van der Waals surface area contributed by atoms with Crippen LogP contribution in [-0.2, 0) is 0 Å². The molecule has 0 unspecified atom stereocenters. The lowest BCUT2D eigenvalue weighted by Gasteiger charge is -2.09. The Balaban J connectivity index is 1.89. The zero-order valence-electron chi connectivity index (χ0n) is 11.5. The number of methoxy groups -OCH3 is 1. The highest BCUT2D eigenvalue weighted by Gasteiger charge is 2.11. The van der Waals surface area contributed by atoms with Gasteiger partial charge in [-0.15, -0.1) is 0 Å². The van der Waals surface area contributed by atoms with Crippen molar-refractivity contribution in [2.75, 3.05) is 18.2 Å². The molecule has 0 radical (unpaired) electrons. The summed E-state index contributed by atoms with van der Waals surface area (Å²) in [5.41, 5.74) is 8.28. The third-order valence-corrected chi connectivity index (χ3v) is 3.28. The van der Waals surface area contributed by atoms with E-state index >= 15 is 0 Å². The Bertz CT molecular complexity index is 775. The number of carbonyl (C=O) groups excluding carboxylic acids is 1. The van der Waals surface area contributed by atoms with E-state index < -0.39 is 0 Å². The number of rotatable bonds is 3. The molecule has 3 rings (SSSR count). The van der Waals surface area contributed by atoms with E-state index in [1.807, 2.05) is 24.3 Å². The average Bonchev–Trinajstić information content (AvgIpc) is 2.93. The molecule has 0 aliphatic heterocycles. The SMILES string of the molecule is COc1ccc(N)c(NC(=O)c2cc3ccccc3[nH]2)c1. The topological polar surface area (TPSA) is 80.1 Å². The molecule has 106 valence electrons. The minimum atomic E-state index is -0.244. The standard InChI is InChI=1S/C16H15N3O2/c1-21-11-6-7-12(17)14(9-11)19-16(20)15-8-10-4-2-3-5-13(10)18-15/h2-9,18H,17H2,1H3,(H,19,20). The molecule has 4 N–H and O–H groups in total. The maximum atomic E-state index is 12.3. The zero-order valence-corrected chi connectivity index (χ0v) is 11.5. The van der Waals surface area contributed by atoms with Gasteiger partial charge in [0.15, 0.2) is 0 Å². The lowest BCUT2D eigenvalue weighted by Crippen LogP contribution is -2.13. The normalized spacial score (nSPS) is 10.5. The lowest BCUT2D eigenvalue weighted by atomic mass is 10.2. The number of hydrogen-bond acceptors (Lipinski definition) is 3. The van der Waals surface area contributed by atoms with Gasteiger partial charge in [0.05, 0.1) is 18.5 Å². The molecular formula is C16H15N3O2. The summed E-state index contributed by atoms with van der Waals surface area (Å²) in [7, 11) is 1.56. The summed E-state index contributed by atoms with van der Waals surface area (Å²) >= 11 is 0. The smallest absolute Gasteiger partial charge is 0.272 e. The zero-order chi connectivity index (χ0) is 14.8. The molecule has 0 atom stereocenters. The number of nitrogen functional groups attached to an aromatic ring is 1. The average molecular weight is 281 g/mol. The van der Waals surface area contributed by atoms with Gasteiger partial charge in [-0.25, -0.2) is 0 Å². The number of hydrogen-bond donors (Lipinski definition) is 3. The van der Waals surface area contributed by atoms with Crippen molar-refractivity contribution >= 4 is 28.2 Å². The molecule has 5 heteroatoms. The van der Waals surface area contributed by atoms with Crippen LogP contribution >= 0.6 is 0 Å². The van der Waals surface area contributed by atoms with Gasteiger partial charge in [-0.2, -0.15) is 0 Å². The van der Waals surface area contributed by atoms with Crippen molar-refractivity contribution in [2.45, 2.75) is 0 Å². The van der Waals surface area contributed by atoms with Gasteiger partial charge in [-0.05, 0) is 24.3 Å². The fraction of sp³-hybridized carbons (Fsp3) is 0.0625. The maximum Gasteiger partial charge on any atom is 0.272 e. The van der Waals surface area contributed by atoms with Crippen LogP contribution < -0.4 is 15.8 Å². The minimum absolute atomic E-state index is 0.244. The molecule has 21 heavy (non-hydrogen) atoms. The molecule has 0 saturated heterocycles. The third kappa shape index (κ3) is 2.53.